The Hall–Kier alpha value is -2.09. The van der Waals surface area contributed by atoms with Gasteiger partial charge < -0.3 is 0 Å². The Bertz CT molecular complexity index is 979. The maximum absolute atomic E-state index is 12.9. The number of benzene rings is 2. The van der Waals surface area contributed by atoms with Crippen LogP contribution in [0.2, 0.25) is 0 Å². The summed E-state index contributed by atoms with van der Waals surface area (Å²) in [6, 6.07) is 14.9. The van der Waals surface area contributed by atoms with Crippen molar-refractivity contribution in [2.24, 2.45) is 0 Å². The zero-order valence-electron chi connectivity index (χ0n) is 13.4. The Labute approximate surface area is 145 Å². The second kappa shape index (κ2) is 6.80. The van der Waals surface area contributed by atoms with Crippen LogP contribution in [0.1, 0.15) is 12.5 Å². The third-order valence-electron chi connectivity index (χ3n) is 3.62. The van der Waals surface area contributed by atoms with E-state index in [0.717, 1.165) is 22.9 Å². The molecule has 0 radical (unpaired) electrons. The Morgan fingerprint density at radius 3 is 2.62 bits per heavy atom. The highest BCUT2D eigenvalue weighted by Crippen LogP contribution is 2.24. The number of hydrogen-bond donors (Lipinski definition) is 0. The summed E-state index contributed by atoms with van der Waals surface area (Å²) < 4.78 is 35.3. The van der Waals surface area contributed by atoms with Crippen molar-refractivity contribution in [2.45, 2.75) is 11.8 Å². The lowest BCUT2D eigenvalue weighted by atomic mass is 10.1. The largest absolute Gasteiger partial charge is 0.245 e. The van der Waals surface area contributed by atoms with Crippen molar-refractivity contribution < 1.29 is 8.42 Å². The van der Waals surface area contributed by atoms with E-state index in [0.29, 0.717) is 17.6 Å². The van der Waals surface area contributed by atoms with Gasteiger partial charge in [0.15, 0.2) is 0 Å². The van der Waals surface area contributed by atoms with E-state index in [9.17, 15) is 8.42 Å². The molecular formula is C17H17N3O2S2. The van der Waals surface area contributed by atoms with E-state index in [1.54, 1.807) is 25.2 Å². The van der Waals surface area contributed by atoms with Crippen LogP contribution < -0.4 is 0 Å². The van der Waals surface area contributed by atoms with Gasteiger partial charge in [-0.15, -0.1) is 0 Å². The van der Waals surface area contributed by atoms with Crippen LogP contribution in [-0.2, 0) is 10.0 Å². The molecule has 0 fully saturated rings. The van der Waals surface area contributed by atoms with Crippen molar-refractivity contribution in [3.63, 3.8) is 0 Å². The predicted octanol–water partition coefficient (Wildman–Crippen LogP) is 3.42. The lowest BCUT2D eigenvalue weighted by molar-refractivity contribution is 0.494. The molecule has 3 aromatic rings. The van der Waals surface area contributed by atoms with Gasteiger partial charge in [0, 0.05) is 13.6 Å². The number of likely N-dealkylation sites (N-methyl/N-ethyl adjacent to an activating group) is 1. The van der Waals surface area contributed by atoms with Crippen molar-refractivity contribution in [3.05, 3.63) is 59.7 Å². The number of nitrogens with zero attached hydrogens (tertiary/aromatic N) is 3. The summed E-state index contributed by atoms with van der Waals surface area (Å²) in [6.45, 7) is 2.23. The molecule has 1 aromatic heterocycles. The van der Waals surface area contributed by atoms with E-state index in [1.165, 1.54) is 4.31 Å². The predicted molar refractivity (Wildman–Crippen MR) is 97.3 cm³/mol. The summed E-state index contributed by atoms with van der Waals surface area (Å²) >= 11 is 1.02. The normalized spacial score (nSPS) is 12.9. The van der Waals surface area contributed by atoms with E-state index in [1.807, 2.05) is 43.3 Å². The minimum Gasteiger partial charge on any atom is -0.207 e. The van der Waals surface area contributed by atoms with Crippen LogP contribution >= 0.6 is 11.7 Å². The molecule has 0 atom stereocenters. The number of aromatic nitrogens is 2. The molecule has 5 nitrogen and oxygen atoms in total. The van der Waals surface area contributed by atoms with E-state index in [2.05, 4.69) is 8.75 Å². The summed E-state index contributed by atoms with van der Waals surface area (Å²) in [5.41, 5.74) is 3.03. The summed E-state index contributed by atoms with van der Waals surface area (Å²) in [6.07, 6.45) is 1.98. The molecule has 124 valence electrons. The summed E-state index contributed by atoms with van der Waals surface area (Å²) in [5, 5.41) is 0. The van der Waals surface area contributed by atoms with Crippen molar-refractivity contribution in [2.75, 3.05) is 13.6 Å². The quantitative estimate of drug-likeness (QED) is 0.700. The molecule has 0 saturated heterocycles. The van der Waals surface area contributed by atoms with Crippen LogP contribution in [0.4, 0.5) is 0 Å². The number of hydrogen-bond acceptors (Lipinski definition) is 5. The molecule has 0 spiro atoms. The van der Waals surface area contributed by atoms with Gasteiger partial charge in [-0.3, -0.25) is 0 Å². The molecule has 0 aliphatic heterocycles. The highest BCUT2D eigenvalue weighted by atomic mass is 32.2. The van der Waals surface area contributed by atoms with Gasteiger partial charge in [0.1, 0.15) is 15.9 Å². The minimum atomic E-state index is -3.63. The molecule has 24 heavy (non-hydrogen) atoms. The van der Waals surface area contributed by atoms with Gasteiger partial charge in [-0.25, -0.2) is 8.42 Å². The maximum Gasteiger partial charge on any atom is 0.245 e. The highest BCUT2D eigenvalue weighted by molar-refractivity contribution is 7.89. The lowest BCUT2D eigenvalue weighted by Gasteiger charge is -2.17. The zero-order valence-corrected chi connectivity index (χ0v) is 15.0. The molecule has 0 N–H and O–H groups in total. The first-order valence-electron chi connectivity index (χ1n) is 7.38. The molecule has 0 bridgehead atoms. The second-order valence-corrected chi connectivity index (χ2v) is 8.09. The molecule has 2 aromatic carbocycles. The van der Waals surface area contributed by atoms with Gasteiger partial charge in [-0.2, -0.15) is 13.1 Å². The van der Waals surface area contributed by atoms with Crippen LogP contribution in [0.3, 0.4) is 0 Å². The SMILES string of the molecule is C/C(=C\c1ccccc1)CN(C)S(=O)(=O)c1cccc2nsnc12. The monoisotopic (exact) mass is 359 g/mol. The van der Waals surface area contributed by atoms with Crippen LogP contribution in [0.15, 0.2) is 59.0 Å². The maximum atomic E-state index is 12.9. The first-order chi connectivity index (χ1) is 11.5. The van der Waals surface area contributed by atoms with Gasteiger partial charge in [-0.1, -0.05) is 48.0 Å². The fourth-order valence-electron chi connectivity index (χ4n) is 2.47. The number of fused-ring (bicyclic) bond motifs is 1. The van der Waals surface area contributed by atoms with Crippen LogP contribution in [0.5, 0.6) is 0 Å². The Balaban J connectivity index is 1.87. The Morgan fingerprint density at radius 1 is 1.12 bits per heavy atom. The first-order valence-corrected chi connectivity index (χ1v) is 9.55. The van der Waals surface area contributed by atoms with Crippen molar-refractivity contribution in [1.29, 1.82) is 0 Å². The molecule has 0 amide bonds. The molecule has 0 aliphatic rings. The van der Waals surface area contributed by atoms with Crippen LogP contribution in [0, 0.1) is 0 Å². The molecule has 0 unspecified atom stereocenters. The van der Waals surface area contributed by atoms with Crippen molar-refractivity contribution >= 4 is 38.9 Å². The van der Waals surface area contributed by atoms with E-state index < -0.39 is 10.0 Å². The molecule has 0 aliphatic carbocycles. The van der Waals surface area contributed by atoms with Gasteiger partial charge in [0.2, 0.25) is 10.0 Å². The Morgan fingerprint density at radius 2 is 1.88 bits per heavy atom. The molecule has 1 heterocycles. The molecular weight excluding hydrogens is 342 g/mol. The topological polar surface area (TPSA) is 63.2 Å². The van der Waals surface area contributed by atoms with Gasteiger partial charge in [-0.05, 0) is 24.6 Å². The van der Waals surface area contributed by atoms with Gasteiger partial charge in [0.05, 0.1) is 11.7 Å². The fraction of sp³-hybridized carbons (Fsp3) is 0.176. The average Bonchev–Trinajstić information content (AvgIpc) is 3.03. The second-order valence-electron chi connectivity index (χ2n) is 5.55. The summed E-state index contributed by atoms with van der Waals surface area (Å²) in [7, 11) is -2.05. The lowest BCUT2D eigenvalue weighted by Crippen LogP contribution is -2.28. The van der Waals surface area contributed by atoms with Gasteiger partial charge in [0.25, 0.3) is 0 Å². The zero-order chi connectivity index (χ0) is 17.2. The van der Waals surface area contributed by atoms with E-state index >= 15 is 0 Å². The first kappa shape index (κ1) is 16.8. The minimum absolute atomic E-state index is 0.198. The van der Waals surface area contributed by atoms with E-state index in [-0.39, 0.29) is 4.90 Å². The smallest absolute Gasteiger partial charge is 0.207 e. The standard InChI is InChI=1S/C17H17N3O2S2/c1-13(11-14-7-4-3-5-8-14)12-20(2)24(21,22)16-10-6-9-15-17(16)19-23-18-15/h3-11H,12H2,1-2H3/b13-11+. The summed E-state index contributed by atoms with van der Waals surface area (Å²) in [4.78, 5) is 0.198. The van der Waals surface area contributed by atoms with Crippen LogP contribution in [0.25, 0.3) is 17.1 Å². The molecule has 0 saturated carbocycles. The average molecular weight is 359 g/mol. The Kier molecular flexibility index (Phi) is 4.75. The van der Waals surface area contributed by atoms with E-state index in [4.69, 9.17) is 0 Å². The fourth-order valence-corrected chi connectivity index (χ4v) is 4.43. The third kappa shape index (κ3) is 3.38. The summed E-state index contributed by atoms with van der Waals surface area (Å²) in [5.74, 6) is 0. The highest BCUT2D eigenvalue weighted by Gasteiger charge is 2.24. The van der Waals surface area contributed by atoms with Crippen molar-refractivity contribution in [3.8, 4) is 0 Å². The third-order valence-corrected chi connectivity index (χ3v) is 6.00. The number of sulfonamides is 1. The van der Waals surface area contributed by atoms with Gasteiger partial charge >= 0.3 is 0 Å². The van der Waals surface area contributed by atoms with Crippen LogP contribution in [-0.4, -0.2) is 35.1 Å². The van der Waals surface area contributed by atoms with Crippen molar-refractivity contribution in [1.82, 2.24) is 13.1 Å². The number of rotatable bonds is 5. The molecule has 7 heteroatoms. The molecule has 3 rings (SSSR count).